The summed E-state index contributed by atoms with van der Waals surface area (Å²) in [6, 6.07) is -1.06. The topological polar surface area (TPSA) is 172 Å². The van der Waals surface area contributed by atoms with E-state index >= 15 is 0 Å². The molecule has 180 valence electrons. The van der Waals surface area contributed by atoms with Crippen LogP contribution in [0.4, 0.5) is 9.59 Å². The highest BCUT2D eigenvalue weighted by atomic mass is 16.6. The van der Waals surface area contributed by atoms with Gasteiger partial charge in [0.25, 0.3) is 0 Å². The number of nitrogens with zero attached hydrogens (tertiary/aromatic N) is 1. The van der Waals surface area contributed by atoms with Crippen LogP contribution in [0, 0.1) is 0 Å². The summed E-state index contributed by atoms with van der Waals surface area (Å²) in [5.74, 6) is -2.47. The summed E-state index contributed by atoms with van der Waals surface area (Å²) in [6.07, 6.45) is -1.41. The van der Waals surface area contributed by atoms with Crippen LogP contribution in [-0.4, -0.2) is 79.1 Å². The highest BCUT2D eigenvalue weighted by molar-refractivity contribution is 5.88. The molecular weight excluding hydrogens is 428 g/mol. The molecule has 0 unspecified atom stereocenters. The first kappa shape index (κ1) is 28.6. The highest BCUT2D eigenvalue weighted by Crippen LogP contribution is 2.06. The van der Waals surface area contributed by atoms with E-state index in [1.807, 2.05) is 0 Å². The second-order valence-corrected chi connectivity index (χ2v) is 6.65. The molecule has 0 heterocycles. The SMILES string of the molecule is C=C(C)C(=O)OCCOC(=O)N(CCCC[C@H](N)C(=O)O)C(=O)OCCOC(=O)C(=C)C. The Bertz CT molecular complexity index is 673. The van der Waals surface area contributed by atoms with E-state index in [-0.39, 0.29) is 57.0 Å². The molecule has 0 fully saturated rings. The summed E-state index contributed by atoms with van der Waals surface area (Å²) in [6.45, 7) is 8.46. The first-order valence-electron chi connectivity index (χ1n) is 9.72. The van der Waals surface area contributed by atoms with Gasteiger partial charge in [0.05, 0.1) is 0 Å². The van der Waals surface area contributed by atoms with Gasteiger partial charge in [0.1, 0.15) is 32.5 Å². The Balaban J connectivity index is 4.70. The maximum Gasteiger partial charge on any atom is 0.419 e. The second kappa shape index (κ2) is 15.4. The van der Waals surface area contributed by atoms with Crippen LogP contribution in [-0.2, 0) is 33.3 Å². The number of ether oxygens (including phenoxy) is 4. The molecule has 0 saturated heterocycles. The lowest BCUT2D eigenvalue weighted by Crippen LogP contribution is -2.39. The Morgan fingerprint density at radius 1 is 0.812 bits per heavy atom. The first-order chi connectivity index (χ1) is 15.0. The van der Waals surface area contributed by atoms with E-state index in [0.29, 0.717) is 11.3 Å². The zero-order valence-corrected chi connectivity index (χ0v) is 18.3. The van der Waals surface area contributed by atoms with Crippen molar-refractivity contribution in [3.8, 4) is 0 Å². The molecule has 3 N–H and O–H groups in total. The summed E-state index contributed by atoms with van der Waals surface area (Å²) in [7, 11) is 0. The number of rotatable bonds is 14. The predicted octanol–water partition coefficient (Wildman–Crippen LogP) is 1.38. The average Bonchev–Trinajstić information content (AvgIpc) is 2.72. The van der Waals surface area contributed by atoms with Gasteiger partial charge in [0, 0.05) is 17.7 Å². The van der Waals surface area contributed by atoms with Gasteiger partial charge in [0.2, 0.25) is 0 Å². The molecule has 0 rings (SSSR count). The molecule has 0 aliphatic carbocycles. The van der Waals surface area contributed by atoms with Crippen LogP contribution in [0.25, 0.3) is 0 Å². The van der Waals surface area contributed by atoms with Crippen molar-refractivity contribution in [1.29, 1.82) is 0 Å². The van der Waals surface area contributed by atoms with Crippen molar-refractivity contribution < 1.29 is 48.0 Å². The van der Waals surface area contributed by atoms with Crippen LogP contribution in [0.5, 0.6) is 0 Å². The zero-order valence-electron chi connectivity index (χ0n) is 18.3. The van der Waals surface area contributed by atoms with Crippen molar-refractivity contribution >= 4 is 30.1 Å². The van der Waals surface area contributed by atoms with Gasteiger partial charge in [-0.15, -0.1) is 0 Å². The largest absolute Gasteiger partial charge is 0.480 e. The Labute approximate surface area is 185 Å². The Morgan fingerprint density at radius 3 is 1.59 bits per heavy atom. The highest BCUT2D eigenvalue weighted by Gasteiger charge is 2.25. The molecule has 2 amide bonds. The van der Waals surface area contributed by atoms with E-state index in [9.17, 15) is 24.0 Å². The van der Waals surface area contributed by atoms with E-state index in [1.54, 1.807) is 0 Å². The molecule has 1 atom stereocenters. The number of carboxylic acid groups (broad SMARTS) is 1. The number of carboxylic acids is 1. The number of amides is 2. The van der Waals surface area contributed by atoms with E-state index in [1.165, 1.54) is 13.8 Å². The third-order valence-corrected chi connectivity index (χ3v) is 3.69. The quantitative estimate of drug-likeness (QED) is 0.167. The summed E-state index contributed by atoms with van der Waals surface area (Å²) in [4.78, 5) is 58.5. The summed E-state index contributed by atoms with van der Waals surface area (Å²) in [5.41, 5.74) is 5.76. The molecule has 0 aromatic carbocycles. The molecule has 32 heavy (non-hydrogen) atoms. The van der Waals surface area contributed by atoms with E-state index < -0.39 is 36.1 Å². The van der Waals surface area contributed by atoms with Crippen LogP contribution < -0.4 is 5.73 Å². The van der Waals surface area contributed by atoms with Gasteiger partial charge in [-0.1, -0.05) is 13.2 Å². The second-order valence-electron chi connectivity index (χ2n) is 6.65. The number of hydrogen-bond acceptors (Lipinski definition) is 10. The average molecular weight is 458 g/mol. The lowest BCUT2D eigenvalue weighted by Gasteiger charge is -2.20. The third-order valence-electron chi connectivity index (χ3n) is 3.69. The zero-order chi connectivity index (χ0) is 24.7. The van der Waals surface area contributed by atoms with Crippen molar-refractivity contribution in [1.82, 2.24) is 4.90 Å². The van der Waals surface area contributed by atoms with Crippen molar-refractivity contribution in [2.45, 2.75) is 39.2 Å². The molecule has 0 radical (unpaired) electrons. The fraction of sp³-hybridized carbons (Fsp3) is 0.550. The number of esters is 2. The third kappa shape index (κ3) is 12.3. The molecule has 0 aromatic heterocycles. The molecule has 12 nitrogen and oxygen atoms in total. The van der Waals surface area contributed by atoms with Crippen molar-refractivity contribution in [3.05, 3.63) is 24.3 Å². The van der Waals surface area contributed by atoms with Gasteiger partial charge in [-0.25, -0.2) is 24.1 Å². The van der Waals surface area contributed by atoms with Gasteiger partial charge in [0.15, 0.2) is 0 Å². The number of imide groups is 1. The number of nitrogens with two attached hydrogens (primary N) is 1. The van der Waals surface area contributed by atoms with Gasteiger partial charge >= 0.3 is 30.1 Å². The minimum atomic E-state index is -1.16. The van der Waals surface area contributed by atoms with Gasteiger partial charge < -0.3 is 29.8 Å². The van der Waals surface area contributed by atoms with E-state index in [2.05, 4.69) is 13.2 Å². The van der Waals surface area contributed by atoms with Gasteiger partial charge in [-0.3, -0.25) is 4.79 Å². The smallest absolute Gasteiger partial charge is 0.419 e. The summed E-state index contributed by atoms with van der Waals surface area (Å²) < 4.78 is 19.4. The van der Waals surface area contributed by atoms with Crippen molar-refractivity contribution in [3.63, 3.8) is 0 Å². The molecular formula is C20H30N2O10. The maximum atomic E-state index is 12.3. The normalized spacial score (nSPS) is 11.0. The molecule has 12 heteroatoms. The number of aliphatic carboxylic acids is 1. The first-order valence-corrected chi connectivity index (χ1v) is 9.72. The molecule has 0 saturated carbocycles. The van der Waals surface area contributed by atoms with Crippen LogP contribution in [0.2, 0.25) is 0 Å². The summed E-state index contributed by atoms with van der Waals surface area (Å²) in [5, 5.41) is 8.79. The van der Waals surface area contributed by atoms with Crippen molar-refractivity contribution in [2.24, 2.45) is 5.73 Å². The Hall–Kier alpha value is -3.41. The molecule has 0 bridgehead atoms. The lowest BCUT2D eigenvalue weighted by molar-refractivity contribution is -0.140. The van der Waals surface area contributed by atoms with E-state index in [4.69, 9.17) is 29.8 Å². The van der Waals surface area contributed by atoms with E-state index in [0.717, 1.165) is 0 Å². The number of carbonyl (C=O) groups is 5. The molecule has 0 aliphatic heterocycles. The summed E-state index contributed by atoms with van der Waals surface area (Å²) >= 11 is 0. The fourth-order valence-electron chi connectivity index (χ4n) is 1.94. The number of hydrogen-bond donors (Lipinski definition) is 2. The van der Waals surface area contributed by atoms with Crippen LogP contribution >= 0.6 is 0 Å². The lowest BCUT2D eigenvalue weighted by atomic mass is 10.1. The standard InChI is InChI=1S/C20H30N2O10/c1-13(2)17(25)29-9-11-31-19(27)22(8-6-5-7-15(21)16(23)24)20(28)32-12-10-30-18(26)14(3)4/h15H,1,3,5-12,21H2,2,4H3,(H,23,24)/t15-/m0/s1. The van der Waals surface area contributed by atoms with Crippen LogP contribution in [0.1, 0.15) is 33.1 Å². The van der Waals surface area contributed by atoms with Gasteiger partial charge in [-0.05, 0) is 33.1 Å². The predicted molar refractivity (Wildman–Crippen MR) is 110 cm³/mol. The van der Waals surface area contributed by atoms with Gasteiger partial charge in [-0.2, -0.15) is 0 Å². The fourth-order valence-corrected chi connectivity index (χ4v) is 1.94. The van der Waals surface area contributed by atoms with Crippen molar-refractivity contribution in [2.75, 3.05) is 33.0 Å². The number of unbranched alkanes of at least 4 members (excludes halogenated alkanes) is 1. The molecule has 0 aliphatic rings. The van der Waals surface area contributed by atoms with Crippen LogP contribution in [0.3, 0.4) is 0 Å². The molecule has 0 aromatic rings. The van der Waals surface area contributed by atoms with Crippen LogP contribution in [0.15, 0.2) is 24.3 Å². The monoisotopic (exact) mass is 458 g/mol. The Kier molecular flexibility index (Phi) is 13.8. The Morgan fingerprint density at radius 2 is 1.22 bits per heavy atom. The molecule has 0 spiro atoms. The number of carbonyl (C=O) groups excluding carboxylic acids is 4. The minimum Gasteiger partial charge on any atom is -0.480 e. The maximum absolute atomic E-state index is 12.3. The minimum absolute atomic E-state index is 0.138.